The third kappa shape index (κ3) is 1.60. The third-order valence-electron chi connectivity index (χ3n) is 2.27. The van der Waals surface area contributed by atoms with Crippen LogP contribution in [0.5, 0.6) is 0 Å². The first-order chi connectivity index (χ1) is 5.59. The molecule has 0 amide bonds. The summed E-state index contributed by atoms with van der Waals surface area (Å²) >= 11 is 7.26. The van der Waals surface area contributed by atoms with Crippen LogP contribution in [0.25, 0.3) is 0 Å². The average molecular weight is 290 g/mol. The number of benzene rings is 1. The summed E-state index contributed by atoms with van der Waals surface area (Å²) in [6.45, 7) is 2.13. The lowest BCUT2D eigenvalue weighted by atomic mass is 10.1. The first-order valence-electron chi connectivity index (χ1n) is 4.04. The van der Waals surface area contributed by atoms with Gasteiger partial charge in [-0.05, 0) is 18.9 Å². The van der Waals surface area contributed by atoms with E-state index in [1.807, 2.05) is 0 Å². The van der Waals surface area contributed by atoms with E-state index in [9.17, 15) is 0 Å². The number of aryl methyl sites for hydroxylation is 1. The van der Waals surface area contributed by atoms with E-state index in [1.54, 1.807) is 0 Å². The highest BCUT2D eigenvalue weighted by Gasteiger charge is 2.50. The van der Waals surface area contributed by atoms with Crippen LogP contribution in [0.3, 0.4) is 0 Å². The van der Waals surface area contributed by atoms with E-state index in [0.29, 0.717) is 5.92 Å². The normalized spacial score (nSPS) is 25.4. The molecular formula is C10H10Br2. The summed E-state index contributed by atoms with van der Waals surface area (Å²) in [5.41, 5.74) is 2.78. The molecule has 0 unspecified atom stereocenters. The molecule has 2 heteroatoms. The molecule has 1 aliphatic carbocycles. The fourth-order valence-electron chi connectivity index (χ4n) is 1.46. The van der Waals surface area contributed by atoms with Crippen molar-refractivity contribution < 1.29 is 0 Å². The van der Waals surface area contributed by atoms with Gasteiger partial charge < -0.3 is 0 Å². The van der Waals surface area contributed by atoms with E-state index in [4.69, 9.17) is 0 Å². The van der Waals surface area contributed by atoms with Crippen LogP contribution in [-0.4, -0.2) is 3.23 Å². The predicted molar refractivity (Wildman–Crippen MR) is 59.1 cm³/mol. The quantitative estimate of drug-likeness (QED) is 0.686. The minimum atomic E-state index is 0.188. The SMILES string of the molecule is Cc1cccc([C@@H]2CC2(Br)Br)c1. The molecule has 12 heavy (non-hydrogen) atoms. The van der Waals surface area contributed by atoms with Crippen LogP contribution in [0.15, 0.2) is 24.3 Å². The van der Waals surface area contributed by atoms with Gasteiger partial charge in [0.1, 0.15) is 0 Å². The fourth-order valence-corrected chi connectivity index (χ4v) is 2.64. The van der Waals surface area contributed by atoms with Crippen molar-refractivity contribution in [2.24, 2.45) is 0 Å². The Morgan fingerprint density at radius 1 is 1.42 bits per heavy atom. The highest BCUT2D eigenvalue weighted by molar-refractivity contribution is 9.25. The molecule has 0 bridgehead atoms. The molecule has 64 valence electrons. The fraction of sp³-hybridized carbons (Fsp3) is 0.400. The summed E-state index contributed by atoms with van der Waals surface area (Å²) < 4.78 is 0.188. The molecule has 1 aliphatic rings. The van der Waals surface area contributed by atoms with Gasteiger partial charge in [0.2, 0.25) is 0 Å². The van der Waals surface area contributed by atoms with Gasteiger partial charge in [-0.15, -0.1) is 0 Å². The van der Waals surface area contributed by atoms with Crippen molar-refractivity contribution in [3.05, 3.63) is 35.4 Å². The lowest BCUT2D eigenvalue weighted by Gasteiger charge is -2.01. The van der Waals surface area contributed by atoms with Crippen LogP contribution < -0.4 is 0 Å². The van der Waals surface area contributed by atoms with Gasteiger partial charge in [0.05, 0.1) is 3.23 Å². The molecule has 0 heterocycles. The molecule has 1 aromatic carbocycles. The molecule has 0 nitrogen and oxygen atoms in total. The van der Waals surface area contributed by atoms with E-state index in [0.717, 1.165) is 0 Å². The zero-order chi connectivity index (χ0) is 8.77. The number of alkyl halides is 2. The Hall–Kier alpha value is 0.180. The van der Waals surface area contributed by atoms with Crippen LogP contribution in [-0.2, 0) is 0 Å². The standard InChI is InChI=1S/C10H10Br2/c1-7-3-2-4-8(5-7)9-6-10(9,11)12/h2-5,9H,6H2,1H3/t9-/m0/s1. The molecule has 0 spiro atoms. The monoisotopic (exact) mass is 288 g/mol. The first-order valence-corrected chi connectivity index (χ1v) is 5.62. The van der Waals surface area contributed by atoms with Crippen molar-refractivity contribution >= 4 is 31.9 Å². The molecule has 2 rings (SSSR count). The van der Waals surface area contributed by atoms with Gasteiger partial charge in [-0.25, -0.2) is 0 Å². The summed E-state index contributed by atoms with van der Waals surface area (Å²) in [5.74, 6) is 0.650. The summed E-state index contributed by atoms with van der Waals surface area (Å²) in [6, 6.07) is 8.71. The number of hydrogen-bond acceptors (Lipinski definition) is 0. The Morgan fingerprint density at radius 3 is 2.58 bits per heavy atom. The lowest BCUT2D eigenvalue weighted by molar-refractivity contribution is 1.12. The first kappa shape index (κ1) is 8.76. The molecule has 0 aliphatic heterocycles. The summed E-state index contributed by atoms with van der Waals surface area (Å²) in [4.78, 5) is 0. The zero-order valence-electron chi connectivity index (χ0n) is 6.85. The van der Waals surface area contributed by atoms with E-state index in [2.05, 4.69) is 63.0 Å². The second-order valence-corrected chi connectivity index (χ2v) is 7.33. The topological polar surface area (TPSA) is 0 Å². The van der Waals surface area contributed by atoms with Gasteiger partial charge in [-0.1, -0.05) is 61.7 Å². The van der Waals surface area contributed by atoms with Gasteiger partial charge >= 0.3 is 0 Å². The summed E-state index contributed by atoms with van der Waals surface area (Å²) in [6.07, 6.45) is 1.19. The van der Waals surface area contributed by atoms with Gasteiger partial charge in [-0.3, -0.25) is 0 Å². The van der Waals surface area contributed by atoms with Gasteiger partial charge in [0.25, 0.3) is 0 Å². The Bertz CT molecular complexity index is 304. The Morgan fingerprint density at radius 2 is 2.08 bits per heavy atom. The number of hydrogen-bond donors (Lipinski definition) is 0. The number of halogens is 2. The molecule has 0 N–H and O–H groups in total. The zero-order valence-corrected chi connectivity index (χ0v) is 10.0. The van der Waals surface area contributed by atoms with Crippen molar-refractivity contribution in [2.45, 2.75) is 22.5 Å². The van der Waals surface area contributed by atoms with Gasteiger partial charge in [0, 0.05) is 5.92 Å². The molecule has 0 saturated heterocycles. The van der Waals surface area contributed by atoms with E-state index >= 15 is 0 Å². The van der Waals surface area contributed by atoms with Crippen LogP contribution in [0, 0.1) is 6.92 Å². The largest absolute Gasteiger partial charge is 0.0881 e. The summed E-state index contributed by atoms with van der Waals surface area (Å²) in [5, 5.41) is 0. The van der Waals surface area contributed by atoms with Crippen molar-refractivity contribution in [3.63, 3.8) is 0 Å². The van der Waals surface area contributed by atoms with Crippen molar-refractivity contribution in [3.8, 4) is 0 Å². The highest BCUT2D eigenvalue weighted by atomic mass is 79.9. The minimum Gasteiger partial charge on any atom is -0.0720 e. The molecule has 1 atom stereocenters. The molecule has 0 radical (unpaired) electrons. The van der Waals surface area contributed by atoms with Crippen LogP contribution >= 0.6 is 31.9 Å². The van der Waals surface area contributed by atoms with Crippen LogP contribution in [0.1, 0.15) is 23.5 Å². The number of rotatable bonds is 1. The second kappa shape index (κ2) is 2.85. The molecular weight excluding hydrogens is 280 g/mol. The van der Waals surface area contributed by atoms with Crippen LogP contribution in [0.2, 0.25) is 0 Å². The lowest BCUT2D eigenvalue weighted by Crippen LogP contribution is -1.88. The Balaban J connectivity index is 2.26. The maximum absolute atomic E-state index is 3.63. The highest BCUT2D eigenvalue weighted by Crippen LogP contribution is 2.62. The van der Waals surface area contributed by atoms with E-state index in [-0.39, 0.29) is 3.23 Å². The molecule has 0 aromatic heterocycles. The van der Waals surface area contributed by atoms with Crippen molar-refractivity contribution in [1.82, 2.24) is 0 Å². The molecule has 1 fully saturated rings. The second-order valence-electron chi connectivity index (χ2n) is 3.43. The Labute approximate surface area is 89.6 Å². The van der Waals surface area contributed by atoms with Crippen LogP contribution in [0.4, 0.5) is 0 Å². The smallest absolute Gasteiger partial charge is 0.0720 e. The predicted octanol–water partition coefficient (Wildman–Crippen LogP) is 3.97. The van der Waals surface area contributed by atoms with Gasteiger partial charge in [-0.2, -0.15) is 0 Å². The maximum Gasteiger partial charge on any atom is 0.0881 e. The van der Waals surface area contributed by atoms with Crippen molar-refractivity contribution in [1.29, 1.82) is 0 Å². The minimum absolute atomic E-state index is 0.188. The Kier molecular flexibility index (Phi) is 2.08. The maximum atomic E-state index is 3.63. The summed E-state index contributed by atoms with van der Waals surface area (Å²) in [7, 11) is 0. The molecule has 1 saturated carbocycles. The average Bonchev–Trinajstić information content (AvgIpc) is 2.60. The van der Waals surface area contributed by atoms with Gasteiger partial charge in [0.15, 0.2) is 0 Å². The molecule has 1 aromatic rings. The van der Waals surface area contributed by atoms with E-state index in [1.165, 1.54) is 17.5 Å². The van der Waals surface area contributed by atoms with Crippen molar-refractivity contribution in [2.75, 3.05) is 0 Å². The van der Waals surface area contributed by atoms with E-state index < -0.39 is 0 Å². The third-order valence-corrected chi connectivity index (χ3v) is 4.02.